The van der Waals surface area contributed by atoms with E-state index in [0.29, 0.717) is 0 Å². The van der Waals surface area contributed by atoms with Gasteiger partial charge in [0, 0.05) is 14.1 Å². The Kier molecular flexibility index (Phi) is 8.64. The number of nitrogens with zero attached hydrogens (tertiary/aromatic N) is 2. The zero-order chi connectivity index (χ0) is 7.86. The van der Waals surface area contributed by atoms with Crippen LogP contribution in [0, 0.1) is 0 Å². The van der Waals surface area contributed by atoms with Crippen molar-refractivity contribution in [1.82, 2.24) is 5.01 Å². The van der Waals surface area contributed by atoms with E-state index in [1.54, 1.807) is 19.1 Å². The van der Waals surface area contributed by atoms with Crippen LogP contribution in [-0.2, 0) is 12.4 Å². The molecule has 2 N–H and O–H groups in total. The molecule has 5 nitrogen and oxygen atoms in total. The predicted octanol–water partition coefficient (Wildman–Crippen LogP) is 0.416. The van der Waals surface area contributed by atoms with E-state index in [-0.39, 0.29) is 0 Å². The van der Waals surface area contributed by atoms with E-state index in [1.165, 1.54) is 0 Å². The molecule has 0 saturated carbocycles. The van der Waals surface area contributed by atoms with Gasteiger partial charge >= 0.3 is 6.16 Å². The van der Waals surface area contributed by atoms with E-state index < -0.39 is 6.16 Å². The Bertz CT molecular complexity index is 91.1. The molecule has 0 fully saturated rings. The first-order valence-electron chi connectivity index (χ1n) is 1.93. The quantitative estimate of drug-likeness (QED) is 0.532. The number of hydrogen-bond donors (Lipinski definition) is 2. The Morgan fingerprint density at radius 3 is 1.67 bits per heavy atom. The van der Waals surface area contributed by atoms with Gasteiger partial charge < -0.3 is 10.2 Å². The molecule has 0 atom stereocenters. The molecule has 6 heteroatoms. The highest BCUT2D eigenvalue weighted by molar-refractivity contribution is 7.47. The van der Waals surface area contributed by atoms with Crippen molar-refractivity contribution in [2.75, 3.05) is 14.1 Å². The summed E-state index contributed by atoms with van der Waals surface area (Å²) in [5.74, 6) is 0. The second-order valence-electron chi connectivity index (χ2n) is 1.21. The molecule has 0 aliphatic heterocycles. The summed E-state index contributed by atoms with van der Waals surface area (Å²) in [7, 11) is 3.57. The van der Waals surface area contributed by atoms with Crippen LogP contribution in [0.1, 0.15) is 0 Å². The first kappa shape index (κ1) is 11.0. The predicted molar refractivity (Wildman–Crippen MR) is 34.1 cm³/mol. The van der Waals surface area contributed by atoms with Gasteiger partial charge in [-0.15, -0.1) is 4.47 Å². The second kappa shape index (κ2) is 7.09. The van der Waals surface area contributed by atoms with Crippen LogP contribution in [-0.4, -0.2) is 35.5 Å². The standard InChI is InChI=1S/C2H6N2S.CH2O3/c1-4(2)3-5;2-1(3)4/h1-2H3;(H2,2,3,4). The van der Waals surface area contributed by atoms with Gasteiger partial charge in [-0.05, 0) is 0 Å². The third-order valence-corrected chi connectivity index (χ3v) is 0.490. The lowest BCUT2D eigenvalue weighted by Crippen LogP contribution is -1.97. The van der Waals surface area contributed by atoms with Crippen molar-refractivity contribution < 1.29 is 15.0 Å². The molecule has 0 unspecified atom stereocenters. The maximum atomic E-state index is 8.56. The van der Waals surface area contributed by atoms with E-state index in [2.05, 4.69) is 16.9 Å². The van der Waals surface area contributed by atoms with Crippen molar-refractivity contribution in [2.45, 2.75) is 0 Å². The molecule has 0 aromatic heterocycles. The van der Waals surface area contributed by atoms with Crippen molar-refractivity contribution in [3.05, 3.63) is 0 Å². The number of rotatable bonds is 1. The minimum Gasteiger partial charge on any atom is -0.450 e. The number of carbonyl (C=O) groups is 1. The third kappa shape index (κ3) is 155. The first-order valence-corrected chi connectivity index (χ1v) is 2.29. The zero-order valence-corrected chi connectivity index (χ0v) is 5.92. The topological polar surface area (TPSA) is 73.1 Å². The molecule has 0 amide bonds. The summed E-state index contributed by atoms with van der Waals surface area (Å²) in [6.45, 7) is 0. The summed E-state index contributed by atoms with van der Waals surface area (Å²) in [5, 5.41) is 15.5. The summed E-state index contributed by atoms with van der Waals surface area (Å²) in [6.07, 6.45) is -1.83. The average molecular weight is 152 g/mol. The van der Waals surface area contributed by atoms with Crippen molar-refractivity contribution >= 4 is 18.6 Å². The molecule has 0 aromatic carbocycles. The van der Waals surface area contributed by atoms with Crippen molar-refractivity contribution in [3.63, 3.8) is 0 Å². The Hall–Kier alpha value is -0.910. The van der Waals surface area contributed by atoms with E-state index in [0.717, 1.165) is 0 Å². The Balaban J connectivity index is 0. The van der Waals surface area contributed by atoms with Gasteiger partial charge in [0.1, 0.15) is 0 Å². The van der Waals surface area contributed by atoms with Crippen LogP contribution in [0.4, 0.5) is 4.79 Å². The lowest BCUT2D eigenvalue weighted by Gasteiger charge is -1.94. The molecule has 0 aromatic rings. The molecule has 0 bridgehead atoms. The van der Waals surface area contributed by atoms with Crippen LogP contribution < -0.4 is 0 Å². The van der Waals surface area contributed by atoms with Crippen LogP contribution in [0.25, 0.3) is 0 Å². The van der Waals surface area contributed by atoms with Crippen molar-refractivity contribution in [1.29, 1.82) is 0 Å². The monoisotopic (exact) mass is 152 g/mol. The van der Waals surface area contributed by atoms with Crippen LogP contribution in [0.15, 0.2) is 4.47 Å². The Labute approximate surface area is 58.0 Å². The second-order valence-corrected chi connectivity index (χ2v) is 1.37. The van der Waals surface area contributed by atoms with Gasteiger partial charge in [-0.3, -0.25) is 5.01 Å². The fraction of sp³-hybridized carbons (Fsp3) is 0.667. The van der Waals surface area contributed by atoms with Gasteiger partial charge in [-0.1, -0.05) is 0 Å². The molecular weight excluding hydrogens is 144 g/mol. The van der Waals surface area contributed by atoms with E-state index in [9.17, 15) is 0 Å². The van der Waals surface area contributed by atoms with Gasteiger partial charge in [0.15, 0.2) is 0 Å². The van der Waals surface area contributed by atoms with Gasteiger partial charge in [-0.2, -0.15) is 0 Å². The van der Waals surface area contributed by atoms with Gasteiger partial charge in [-0.25, -0.2) is 4.79 Å². The molecule has 0 spiro atoms. The molecule has 54 valence electrons. The zero-order valence-electron chi connectivity index (χ0n) is 5.11. The molecule has 9 heavy (non-hydrogen) atoms. The Morgan fingerprint density at radius 2 is 1.67 bits per heavy atom. The van der Waals surface area contributed by atoms with Crippen LogP contribution in [0.5, 0.6) is 0 Å². The molecule has 0 rings (SSSR count). The van der Waals surface area contributed by atoms with Crippen LogP contribution >= 0.6 is 0 Å². The molecular formula is C3H8N2O3S. The largest absolute Gasteiger partial charge is 0.503 e. The SMILES string of the molecule is CN(C)N=S.O=C(O)O. The number of hydrogen-bond acceptors (Lipinski definition) is 3. The smallest absolute Gasteiger partial charge is 0.450 e. The fourth-order valence-electron chi connectivity index (χ4n) is 0. The molecule has 0 aliphatic rings. The normalized spacial score (nSPS) is 6.44. The third-order valence-electron chi connectivity index (χ3n) is 0.163. The summed E-state index contributed by atoms with van der Waals surface area (Å²) >= 11 is 4.23. The minimum atomic E-state index is -1.83. The van der Waals surface area contributed by atoms with Gasteiger partial charge in [0.25, 0.3) is 0 Å². The maximum absolute atomic E-state index is 8.56. The fourth-order valence-corrected chi connectivity index (χ4v) is 0. The number of carboxylic acid groups (broad SMARTS) is 2. The van der Waals surface area contributed by atoms with E-state index >= 15 is 0 Å². The van der Waals surface area contributed by atoms with E-state index in [4.69, 9.17) is 15.0 Å². The Morgan fingerprint density at radius 1 is 1.56 bits per heavy atom. The van der Waals surface area contributed by atoms with Crippen LogP contribution in [0.3, 0.4) is 0 Å². The van der Waals surface area contributed by atoms with Crippen LogP contribution in [0.2, 0.25) is 0 Å². The minimum absolute atomic E-state index is 1.56. The van der Waals surface area contributed by atoms with Crippen molar-refractivity contribution in [3.8, 4) is 0 Å². The first-order chi connectivity index (χ1) is 4.00. The summed E-state index contributed by atoms with van der Waals surface area (Å²) in [4.78, 5) is 8.56. The summed E-state index contributed by atoms with van der Waals surface area (Å²) in [6, 6.07) is 0. The van der Waals surface area contributed by atoms with E-state index in [1.807, 2.05) is 0 Å². The highest BCUT2D eigenvalue weighted by atomic mass is 32.1. The molecule has 0 aliphatic carbocycles. The maximum Gasteiger partial charge on any atom is 0.503 e. The summed E-state index contributed by atoms with van der Waals surface area (Å²) < 4.78 is 3.31. The molecule has 0 radical (unpaired) electrons. The lowest BCUT2D eigenvalue weighted by atomic mass is 11.2. The highest BCUT2D eigenvalue weighted by Crippen LogP contribution is 1.64. The molecule has 0 heterocycles. The van der Waals surface area contributed by atoms with Gasteiger partial charge in [0.2, 0.25) is 0 Å². The highest BCUT2D eigenvalue weighted by Gasteiger charge is 1.70. The average Bonchev–Trinajstić information content (AvgIpc) is 1.65. The van der Waals surface area contributed by atoms with Crippen molar-refractivity contribution in [2.24, 2.45) is 4.47 Å². The lowest BCUT2D eigenvalue weighted by molar-refractivity contribution is 0.137. The molecule has 0 saturated heterocycles. The summed E-state index contributed by atoms with van der Waals surface area (Å²) in [5.41, 5.74) is 0. The van der Waals surface area contributed by atoms with Gasteiger partial charge in [0.05, 0.1) is 12.4 Å².